The lowest BCUT2D eigenvalue weighted by Gasteiger charge is -2.20. The molecule has 0 aromatic rings. The summed E-state index contributed by atoms with van der Waals surface area (Å²) in [4.78, 5) is 23.3. The van der Waals surface area contributed by atoms with Gasteiger partial charge in [0.15, 0.2) is 0 Å². The SMILES string of the molecule is CC(COCC(C)COC(=O)C(C)(C)C)COC(=O)C(C)(C)C. The molecule has 136 valence electrons. The van der Waals surface area contributed by atoms with Crippen LogP contribution >= 0.6 is 0 Å². The fourth-order valence-electron chi connectivity index (χ4n) is 1.44. The van der Waals surface area contributed by atoms with E-state index < -0.39 is 10.8 Å². The van der Waals surface area contributed by atoms with Gasteiger partial charge in [0.25, 0.3) is 0 Å². The van der Waals surface area contributed by atoms with Crippen LogP contribution in [0.5, 0.6) is 0 Å². The van der Waals surface area contributed by atoms with Gasteiger partial charge in [0.05, 0.1) is 37.3 Å². The Balaban J connectivity index is 3.85. The fraction of sp³-hybridized carbons (Fsp3) is 0.889. The Hall–Kier alpha value is -1.10. The van der Waals surface area contributed by atoms with Crippen molar-refractivity contribution in [2.75, 3.05) is 26.4 Å². The first-order chi connectivity index (χ1) is 10.3. The predicted octanol–water partition coefficient (Wildman–Crippen LogP) is 3.45. The van der Waals surface area contributed by atoms with Crippen molar-refractivity contribution in [1.29, 1.82) is 0 Å². The van der Waals surface area contributed by atoms with E-state index in [4.69, 9.17) is 14.2 Å². The van der Waals surface area contributed by atoms with Gasteiger partial charge in [-0.25, -0.2) is 0 Å². The van der Waals surface area contributed by atoms with E-state index in [1.165, 1.54) is 0 Å². The summed E-state index contributed by atoms with van der Waals surface area (Å²) in [7, 11) is 0. The van der Waals surface area contributed by atoms with Crippen molar-refractivity contribution in [3.05, 3.63) is 0 Å². The van der Waals surface area contributed by atoms with Crippen molar-refractivity contribution in [3.63, 3.8) is 0 Å². The Morgan fingerprint density at radius 2 is 1.00 bits per heavy atom. The molecule has 5 heteroatoms. The molecule has 0 heterocycles. The molecule has 0 aliphatic heterocycles. The largest absolute Gasteiger partial charge is 0.465 e. The summed E-state index contributed by atoms with van der Waals surface area (Å²) in [6.07, 6.45) is 0. The van der Waals surface area contributed by atoms with E-state index in [2.05, 4.69) is 0 Å². The standard InChI is InChI=1S/C18H34O5/c1-13(11-22-15(19)17(3,4)5)9-21-10-14(2)12-23-16(20)18(6,7)8/h13-14H,9-12H2,1-8H3. The molecule has 5 nitrogen and oxygen atoms in total. The molecule has 0 rings (SSSR count). The number of ether oxygens (including phenoxy) is 3. The lowest BCUT2D eigenvalue weighted by molar-refractivity contribution is -0.155. The van der Waals surface area contributed by atoms with E-state index in [1.54, 1.807) is 0 Å². The molecule has 2 atom stereocenters. The molecule has 0 aromatic heterocycles. The molecular formula is C18H34O5. The second kappa shape index (κ2) is 9.26. The van der Waals surface area contributed by atoms with Crippen molar-refractivity contribution >= 4 is 11.9 Å². The molecule has 0 bridgehead atoms. The van der Waals surface area contributed by atoms with E-state index in [-0.39, 0.29) is 23.8 Å². The summed E-state index contributed by atoms with van der Waals surface area (Å²) >= 11 is 0. The number of carbonyl (C=O) groups excluding carboxylic acids is 2. The molecule has 0 aliphatic rings. The molecule has 0 aromatic carbocycles. The normalized spacial score (nSPS) is 15.0. The van der Waals surface area contributed by atoms with Crippen LogP contribution in [0.15, 0.2) is 0 Å². The lowest BCUT2D eigenvalue weighted by atomic mass is 9.97. The Bertz CT molecular complexity index is 340. The number of hydrogen-bond donors (Lipinski definition) is 0. The summed E-state index contributed by atoms with van der Waals surface area (Å²) in [6, 6.07) is 0. The minimum absolute atomic E-state index is 0.130. The second-order valence-corrected chi connectivity index (χ2v) is 8.44. The molecule has 0 aliphatic carbocycles. The van der Waals surface area contributed by atoms with Crippen LogP contribution in [0, 0.1) is 22.7 Å². The second-order valence-electron chi connectivity index (χ2n) is 8.44. The van der Waals surface area contributed by atoms with Crippen LogP contribution in [0.3, 0.4) is 0 Å². The fourth-order valence-corrected chi connectivity index (χ4v) is 1.44. The summed E-state index contributed by atoms with van der Waals surface area (Å²) in [5.74, 6) is -0.144. The maximum Gasteiger partial charge on any atom is 0.311 e. The highest BCUT2D eigenvalue weighted by molar-refractivity contribution is 5.75. The first-order valence-corrected chi connectivity index (χ1v) is 8.26. The van der Waals surface area contributed by atoms with Crippen LogP contribution in [-0.2, 0) is 23.8 Å². The zero-order valence-corrected chi connectivity index (χ0v) is 16.0. The highest BCUT2D eigenvalue weighted by Gasteiger charge is 2.24. The van der Waals surface area contributed by atoms with E-state index in [0.717, 1.165) is 0 Å². The quantitative estimate of drug-likeness (QED) is 0.638. The lowest BCUT2D eigenvalue weighted by Crippen LogP contribution is -2.27. The van der Waals surface area contributed by atoms with Gasteiger partial charge in [-0.1, -0.05) is 13.8 Å². The van der Waals surface area contributed by atoms with Crippen molar-refractivity contribution in [1.82, 2.24) is 0 Å². The Morgan fingerprint density at radius 3 is 1.26 bits per heavy atom. The van der Waals surface area contributed by atoms with Crippen molar-refractivity contribution in [2.45, 2.75) is 55.4 Å². The average Bonchev–Trinajstić information content (AvgIpc) is 2.39. The zero-order valence-electron chi connectivity index (χ0n) is 16.0. The van der Waals surface area contributed by atoms with E-state index in [9.17, 15) is 9.59 Å². The highest BCUT2D eigenvalue weighted by atomic mass is 16.5. The van der Waals surface area contributed by atoms with Crippen LogP contribution < -0.4 is 0 Å². The molecule has 23 heavy (non-hydrogen) atoms. The third-order valence-corrected chi connectivity index (χ3v) is 3.03. The number of rotatable bonds is 8. The first-order valence-electron chi connectivity index (χ1n) is 8.26. The van der Waals surface area contributed by atoms with E-state index in [0.29, 0.717) is 26.4 Å². The Morgan fingerprint density at radius 1 is 0.696 bits per heavy atom. The number of esters is 2. The number of hydrogen-bond acceptors (Lipinski definition) is 5. The number of carbonyl (C=O) groups is 2. The van der Waals surface area contributed by atoms with Gasteiger partial charge < -0.3 is 14.2 Å². The first kappa shape index (κ1) is 21.9. The monoisotopic (exact) mass is 330 g/mol. The maximum absolute atomic E-state index is 11.7. The molecule has 0 saturated heterocycles. The maximum atomic E-state index is 11.7. The van der Waals surface area contributed by atoms with Gasteiger partial charge in [-0.2, -0.15) is 0 Å². The van der Waals surface area contributed by atoms with Crippen molar-refractivity contribution < 1.29 is 23.8 Å². The van der Waals surface area contributed by atoms with Crippen LogP contribution in [0.1, 0.15) is 55.4 Å². The average molecular weight is 330 g/mol. The van der Waals surface area contributed by atoms with Gasteiger partial charge in [0.2, 0.25) is 0 Å². The smallest absolute Gasteiger partial charge is 0.311 e. The van der Waals surface area contributed by atoms with Crippen LogP contribution in [-0.4, -0.2) is 38.4 Å². The molecular weight excluding hydrogens is 296 g/mol. The summed E-state index contributed by atoms with van der Waals surface area (Å²) < 4.78 is 16.1. The van der Waals surface area contributed by atoms with Crippen molar-refractivity contribution in [3.8, 4) is 0 Å². The molecule has 0 amide bonds. The van der Waals surface area contributed by atoms with E-state index >= 15 is 0 Å². The zero-order chi connectivity index (χ0) is 18.3. The van der Waals surface area contributed by atoms with Crippen molar-refractivity contribution in [2.24, 2.45) is 22.7 Å². The molecule has 0 N–H and O–H groups in total. The third-order valence-electron chi connectivity index (χ3n) is 3.03. The summed E-state index contributed by atoms with van der Waals surface area (Å²) in [6.45, 7) is 16.6. The minimum atomic E-state index is -0.480. The Kier molecular flexibility index (Phi) is 8.82. The Labute approximate surface area is 141 Å². The topological polar surface area (TPSA) is 61.8 Å². The molecule has 2 unspecified atom stereocenters. The minimum Gasteiger partial charge on any atom is -0.465 e. The summed E-state index contributed by atoms with van der Waals surface area (Å²) in [5, 5.41) is 0. The molecule has 0 spiro atoms. The highest BCUT2D eigenvalue weighted by Crippen LogP contribution is 2.17. The molecule has 0 radical (unpaired) electrons. The van der Waals surface area contributed by atoms with Crippen LogP contribution in [0.4, 0.5) is 0 Å². The molecule has 0 saturated carbocycles. The molecule has 0 fully saturated rings. The van der Waals surface area contributed by atoms with Gasteiger partial charge in [0.1, 0.15) is 0 Å². The van der Waals surface area contributed by atoms with Gasteiger partial charge in [-0.05, 0) is 41.5 Å². The predicted molar refractivity (Wildman–Crippen MR) is 90.0 cm³/mol. The van der Waals surface area contributed by atoms with Gasteiger partial charge >= 0.3 is 11.9 Å². The van der Waals surface area contributed by atoms with E-state index in [1.807, 2.05) is 55.4 Å². The third kappa shape index (κ3) is 10.3. The van der Waals surface area contributed by atoms with Gasteiger partial charge in [-0.15, -0.1) is 0 Å². The summed E-state index contributed by atoms with van der Waals surface area (Å²) in [5.41, 5.74) is -0.960. The van der Waals surface area contributed by atoms with Crippen LogP contribution in [0.2, 0.25) is 0 Å². The van der Waals surface area contributed by atoms with Gasteiger partial charge in [0, 0.05) is 11.8 Å². The van der Waals surface area contributed by atoms with Gasteiger partial charge in [-0.3, -0.25) is 9.59 Å². The van der Waals surface area contributed by atoms with Crippen LogP contribution in [0.25, 0.3) is 0 Å².